The standard InChI is InChI=1S/C10H14N2OS.C5H10.CH2N2/c13-7-12-10-11-6-9(14-10)8-4-2-1-3-5-8;1-2-4-5-3-1;2-1-3/h6-8H,1-5H2,(H,11,12,13);1-5H2;2H2. The smallest absolute Gasteiger partial charge is 0.213 e. The molecule has 0 aromatic carbocycles. The van der Waals surface area contributed by atoms with Crippen molar-refractivity contribution in [2.45, 2.75) is 70.1 Å². The van der Waals surface area contributed by atoms with Gasteiger partial charge in [-0.05, 0) is 18.8 Å². The van der Waals surface area contributed by atoms with E-state index in [4.69, 9.17) is 5.26 Å². The highest BCUT2D eigenvalue weighted by atomic mass is 32.1. The molecule has 3 N–H and O–H groups in total. The quantitative estimate of drug-likeness (QED) is 0.497. The molecule has 0 aliphatic heterocycles. The third-order valence-electron chi connectivity index (χ3n) is 3.96. The summed E-state index contributed by atoms with van der Waals surface area (Å²) in [4.78, 5) is 15.7. The second-order valence-corrected chi connectivity index (χ2v) is 6.62. The lowest BCUT2D eigenvalue weighted by molar-refractivity contribution is -0.105. The molecule has 2 aliphatic rings. The van der Waals surface area contributed by atoms with Crippen LogP contribution in [0.2, 0.25) is 0 Å². The van der Waals surface area contributed by atoms with Gasteiger partial charge in [-0.3, -0.25) is 4.79 Å². The van der Waals surface area contributed by atoms with E-state index in [1.165, 1.54) is 75.3 Å². The molecule has 0 saturated heterocycles. The van der Waals surface area contributed by atoms with Gasteiger partial charge >= 0.3 is 0 Å². The number of hydrogen-bond acceptors (Lipinski definition) is 5. The van der Waals surface area contributed by atoms with Crippen LogP contribution in [0.4, 0.5) is 5.13 Å². The highest BCUT2D eigenvalue weighted by molar-refractivity contribution is 7.15. The van der Waals surface area contributed by atoms with Crippen LogP contribution in [0.3, 0.4) is 0 Å². The van der Waals surface area contributed by atoms with E-state index < -0.39 is 0 Å². The van der Waals surface area contributed by atoms with E-state index in [1.807, 2.05) is 6.20 Å². The zero-order valence-corrected chi connectivity index (χ0v) is 13.9. The number of nitrogens with two attached hydrogens (primary N) is 1. The molecule has 0 bridgehead atoms. The van der Waals surface area contributed by atoms with Crippen LogP contribution in [-0.4, -0.2) is 11.4 Å². The zero-order chi connectivity index (χ0) is 16.0. The molecule has 22 heavy (non-hydrogen) atoms. The Kier molecular flexibility index (Phi) is 10.0. The fourth-order valence-electron chi connectivity index (χ4n) is 2.86. The van der Waals surface area contributed by atoms with Crippen LogP contribution in [0.25, 0.3) is 0 Å². The maximum Gasteiger partial charge on any atom is 0.213 e. The topological polar surface area (TPSA) is 91.8 Å². The second kappa shape index (κ2) is 12.0. The number of nitriles is 1. The van der Waals surface area contributed by atoms with Crippen molar-refractivity contribution >= 4 is 22.9 Å². The summed E-state index contributed by atoms with van der Waals surface area (Å²) in [6.45, 7) is 0. The van der Waals surface area contributed by atoms with E-state index >= 15 is 0 Å². The summed E-state index contributed by atoms with van der Waals surface area (Å²) in [6, 6.07) is 0. The molecule has 1 aromatic rings. The van der Waals surface area contributed by atoms with Crippen LogP contribution in [0.5, 0.6) is 0 Å². The van der Waals surface area contributed by atoms with Crippen LogP contribution < -0.4 is 11.1 Å². The van der Waals surface area contributed by atoms with Crippen molar-refractivity contribution in [3.8, 4) is 6.19 Å². The molecular weight excluding hydrogens is 296 g/mol. The largest absolute Gasteiger partial charge is 0.337 e. The van der Waals surface area contributed by atoms with Crippen molar-refractivity contribution in [3.63, 3.8) is 0 Å². The van der Waals surface area contributed by atoms with Gasteiger partial charge in [0, 0.05) is 11.1 Å². The van der Waals surface area contributed by atoms with Crippen molar-refractivity contribution < 1.29 is 4.79 Å². The van der Waals surface area contributed by atoms with Crippen molar-refractivity contribution in [2.75, 3.05) is 5.32 Å². The van der Waals surface area contributed by atoms with Crippen LogP contribution in [0.1, 0.15) is 75.0 Å². The SMILES string of the molecule is C1CCCC1.N#CN.O=CNc1ncc(C2CCCCC2)s1. The molecule has 0 unspecified atom stereocenters. The normalized spacial score (nSPS) is 17.2. The average Bonchev–Trinajstić information content (AvgIpc) is 3.24. The first kappa shape index (κ1) is 18.4. The van der Waals surface area contributed by atoms with Gasteiger partial charge in [0.05, 0.1) is 0 Å². The average molecular weight is 322 g/mol. The Bertz CT molecular complexity index is 438. The maximum atomic E-state index is 10.2. The lowest BCUT2D eigenvalue weighted by Crippen LogP contribution is -2.02. The molecule has 0 radical (unpaired) electrons. The Morgan fingerprint density at radius 3 is 2.18 bits per heavy atom. The first-order chi connectivity index (χ1) is 10.8. The van der Waals surface area contributed by atoms with Crippen molar-refractivity contribution in [1.82, 2.24) is 4.98 Å². The number of carbonyl (C=O) groups is 1. The van der Waals surface area contributed by atoms with E-state index in [2.05, 4.69) is 16.0 Å². The number of nitrogens with one attached hydrogen (secondary N) is 1. The molecule has 2 fully saturated rings. The van der Waals surface area contributed by atoms with Crippen LogP contribution in [0.15, 0.2) is 6.20 Å². The van der Waals surface area contributed by atoms with Crippen molar-refractivity contribution in [1.29, 1.82) is 5.26 Å². The predicted molar refractivity (Wildman–Crippen MR) is 90.5 cm³/mol. The molecule has 1 aromatic heterocycles. The van der Waals surface area contributed by atoms with Crippen LogP contribution in [0, 0.1) is 11.5 Å². The highest BCUT2D eigenvalue weighted by Gasteiger charge is 2.17. The summed E-state index contributed by atoms with van der Waals surface area (Å²) >= 11 is 1.61. The van der Waals surface area contributed by atoms with Gasteiger partial charge in [-0.1, -0.05) is 51.4 Å². The third kappa shape index (κ3) is 7.41. The number of hydrogen-bond donors (Lipinski definition) is 2. The number of thiazole rings is 1. The number of carbonyl (C=O) groups excluding carboxylic acids is 1. The molecule has 0 atom stereocenters. The molecule has 1 heterocycles. The number of nitrogens with zero attached hydrogens (tertiary/aromatic N) is 2. The molecule has 0 spiro atoms. The van der Waals surface area contributed by atoms with E-state index in [9.17, 15) is 4.79 Å². The Morgan fingerprint density at radius 2 is 1.68 bits per heavy atom. The van der Waals surface area contributed by atoms with Gasteiger partial charge in [-0.15, -0.1) is 11.3 Å². The predicted octanol–water partition coefficient (Wildman–Crippen LogP) is 4.14. The van der Waals surface area contributed by atoms with Gasteiger partial charge < -0.3 is 11.1 Å². The van der Waals surface area contributed by atoms with Crippen LogP contribution in [-0.2, 0) is 4.79 Å². The van der Waals surface area contributed by atoms with E-state index in [-0.39, 0.29) is 0 Å². The highest BCUT2D eigenvalue weighted by Crippen LogP contribution is 2.36. The minimum Gasteiger partial charge on any atom is -0.337 e. The molecular formula is C16H26N4OS. The third-order valence-corrected chi connectivity index (χ3v) is 5.05. The van der Waals surface area contributed by atoms with Gasteiger partial charge in [0.1, 0.15) is 0 Å². The first-order valence-electron chi connectivity index (χ1n) is 8.07. The van der Waals surface area contributed by atoms with Crippen LogP contribution >= 0.6 is 11.3 Å². The van der Waals surface area contributed by atoms with E-state index in [0.29, 0.717) is 12.3 Å². The Labute approximate surface area is 136 Å². The van der Waals surface area contributed by atoms with Crippen molar-refractivity contribution in [2.24, 2.45) is 5.73 Å². The molecule has 122 valence electrons. The molecule has 6 heteroatoms. The van der Waals surface area contributed by atoms with Gasteiger partial charge in [-0.2, -0.15) is 5.26 Å². The number of aromatic nitrogens is 1. The fourth-order valence-corrected chi connectivity index (χ4v) is 3.81. The number of amides is 1. The van der Waals surface area contributed by atoms with Gasteiger partial charge in [-0.25, -0.2) is 4.98 Å². The Balaban J connectivity index is 0.000000250. The second-order valence-electron chi connectivity index (χ2n) is 5.56. The molecule has 3 rings (SSSR count). The summed E-state index contributed by atoms with van der Waals surface area (Å²) < 4.78 is 0. The molecule has 5 nitrogen and oxygen atoms in total. The number of anilines is 1. The van der Waals surface area contributed by atoms with E-state index in [0.717, 1.165) is 5.13 Å². The molecule has 1 amide bonds. The fraction of sp³-hybridized carbons (Fsp3) is 0.688. The summed E-state index contributed by atoms with van der Waals surface area (Å²) in [5.41, 5.74) is 4.15. The summed E-state index contributed by atoms with van der Waals surface area (Å²) in [6.07, 6.45) is 17.9. The minimum atomic E-state index is 0.684. The number of rotatable bonds is 3. The summed E-state index contributed by atoms with van der Waals surface area (Å²) in [5, 5.41) is 10.4. The Hall–Kier alpha value is -1.61. The molecule has 2 aliphatic carbocycles. The van der Waals surface area contributed by atoms with Gasteiger partial charge in [0.15, 0.2) is 11.3 Å². The monoisotopic (exact) mass is 322 g/mol. The molecule has 2 saturated carbocycles. The first-order valence-corrected chi connectivity index (χ1v) is 8.89. The summed E-state index contributed by atoms with van der Waals surface area (Å²) in [5.74, 6) is 0.684. The van der Waals surface area contributed by atoms with Gasteiger partial charge in [0.2, 0.25) is 6.41 Å². The lowest BCUT2D eigenvalue weighted by atomic mass is 9.89. The van der Waals surface area contributed by atoms with Crippen molar-refractivity contribution in [3.05, 3.63) is 11.1 Å². The lowest BCUT2D eigenvalue weighted by Gasteiger charge is -2.19. The maximum absolute atomic E-state index is 10.2. The van der Waals surface area contributed by atoms with E-state index in [1.54, 1.807) is 11.3 Å². The zero-order valence-electron chi connectivity index (χ0n) is 13.1. The Morgan fingerprint density at radius 1 is 1.18 bits per heavy atom. The minimum absolute atomic E-state index is 0.684. The summed E-state index contributed by atoms with van der Waals surface area (Å²) in [7, 11) is 0. The van der Waals surface area contributed by atoms with Gasteiger partial charge in [0.25, 0.3) is 0 Å².